The van der Waals surface area contributed by atoms with Crippen molar-refractivity contribution in [2.24, 2.45) is 0 Å². The SMILES string of the molecule is O=C1CCC(n2cc3cc(F)c(N4CC5CC(C4)N5)c(F)c3c2)C(=O)N1. The third-order valence-corrected chi connectivity index (χ3v) is 5.64. The summed E-state index contributed by atoms with van der Waals surface area (Å²) < 4.78 is 31.4. The molecule has 8 heteroatoms. The topological polar surface area (TPSA) is 66.4 Å². The lowest BCUT2D eigenvalue weighted by Crippen LogP contribution is -2.67. The van der Waals surface area contributed by atoms with Crippen LogP contribution in [0, 0.1) is 11.6 Å². The molecule has 4 saturated heterocycles. The first-order valence-electron chi connectivity index (χ1n) is 8.83. The highest BCUT2D eigenvalue weighted by Gasteiger charge is 2.38. The predicted octanol–water partition coefficient (Wildman–Crippen LogP) is 1.45. The number of hydrogen-bond acceptors (Lipinski definition) is 4. The molecule has 4 aliphatic heterocycles. The molecule has 4 fully saturated rings. The van der Waals surface area contributed by atoms with Crippen molar-refractivity contribution >= 4 is 28.3 Å². The van der Waals surface area contributed by atoms with Gasteiger partial charge in [0.05, 0.1) is 0 Å². The van der Waals surface area contributed by atoms with Crippen LogP contribution >= 0.6 is 0 Å². The summed E-state index contributed by atoms with van der Waals surface area (Å²) >= 11 is 0. The number of hydrogen-bond donors (Lipinski definition) is 2. The summed E-state index contributed by atoms with van der Waals surface area (Å²) in [7, 11) is 0. The van der Waals surface area contributed by atoms with Gasteiger partial charge < -0.3 is 14.8 Å². The van der Waals surface area contributed by atoms with Crippen LogP contribution in [0.25, 0.3) is 10.8 Å². The molecule has 5 heterocycles. The van der Waals surface area contributed by atoms with Gasteiger partial charge in [-0.25, -0.2) is 8.78 Å². The molecule has 6 nitrogen and oxygen atoms in total. The molecule has 3 unspecified atom stereocenters. The van der Waals surface area contributed by atoms with E-state index in [-0.39, 0.29) is 30.1 Å². The zero-order valence-electron chi connectivity index (χ0n) is 14.0. The van der Waals surface area contributed by atoms with Gasteiger partial charge in [-0.3, -0.25) is 14.9 Å². The quantitative estimate of drug-likeness (QED) is 0.796. The number of halogens is 2. The summed E-state index contributed by atoms with van der Waals surface area (Å²) in [6.07, 6.45) is 4.74. The summed E-state index contributed by atoms with van der Waals surface area (Å²) in [5, 5.41) is 6.34. The maximum Gasteiger partial charge on any atom is 0.249 e. The van der Waals surface area contributed by atoms with Crippen molar-refractivity contribution in [3.63, 3.8) is 0 Å². The Morgan fingerprint density at radius 1 is 1.12 bits per heavy atom. The third-order valence-electron chi connectivity index (χ3n) is 5.64. The standard InChI is InChI=1S/C18H18F2N4O2/c19-13-3-9-5-23(14-1-2-15(25)22-18(14)26)8-12(9)16(20)17(13)24-6-10-4-11(7-24)21-10/h3,5,8,10-11,14,21H,1-2,4,6-7H2,(H,22,25,26). The van der Waals surface area contributed by atoms with Crippen LogP contribution in [0.1, 0.15) is 25.3 Å². The molecule has 0 radical (unpaired) electrons. The van der Waals surface area contributed by atoms with E-state index in [4.69, 9.17) is 0 Å². The van der Waals surface area contributed by atoms with E-state index < -0.39 is 23.6 Å². The van der Waals surface area contributed by atoms with Crippen LogP contribution in [0.5, 0.6) is 0 Å². The van der Waals surface area contributed by atoms with Gasteiger partial charge in [-0.2, -0.15) is 0 Å². The Morgan fingerprint density at radius 2 is 1.85 bits per heavy atom. The molecule has 1 aromatic heterocycles. The normalized spacial score (nSPS) is 28.2. The Morgan fingerprint density at radius 3 is 2.54 bits per heavy atom. The molecule has 136 valence electrons. The van der Waals surface area contributed by atoms with Gasteiger partial charge in [-0.15, -0.1) is 0 Å². The molecule has 1 aromatic carbocycles. The zero-order chi connectivity index (χ0) is 18.0. The highest BCUT2D eigenvalue weighted by molar-refractivity contribution is 6.00. The van der Waals surface area contributed by atoms with Crippen LogP contribution in [-0.4, -0.2) is 41.6 Å². The average molecular weight is 360 g/mol. The summed E-state index contributed by atoms with van der Waals surface area (Å²) in [5.41, 5.74) is 0.00900. The van der Waals surface area contributed by atoms with Gasteiger partial charge in [0.2, 0.25) is 11.8 Å². The molecular formula is C18H18F2N4O2. The maximum absolute atomic E-state index is 15.1. The second-order valence-corrected chi connectivity index (χ2v) is 7.40. The number of piperidine rings is 2. The number of nitrogens with zero attached hydrogens (tertiary/aromatic N) is 2. The lowest BCUT2D eigenvalue weighted by atomic mass is 9.91. The van der Waals surface area contributed by atoms with Crippen LogP contribution in [0.4, 0.5) is 14.5 Å². The highest BCUT2D eigenvalue weighted by Crippen LogP contribution is 2.35. The minimum atomic E-state index is -0.590. The van der Waals surface area contributed by atoms with E-state index in [9.17, 15) is 14.0 Å². The molecule has 4 aliphatic rings. The second-order valence-electron chi connectivity index (χ2n) is 7.40. The minimum absolute atomic E-state index is 0.00900. The van der Waals surface area contributed by atoms with Gasteiger partial charge in [0.15, 0.2) is 5.82 Å². The van der Waals surface area contributed by atoms with Crippen LogP contribution < -0.4 is 15.5 Å². The van der Waals surface area contributed by atoms with Crippen molar-refractivity contribution in [2.45, 2.75) is 37.4 Å². The fourth-order valence-corrected chi connectivity index (χ4v) is 4.36. The van der Waals surface area contributed by atoms with E-state index in [1.165, 1.54) is 12.3 Å². The van der Waals surface area contributed by atoms with Gasteiger partial charge >= 0.3 is 0 Å². The number of imide groups is 1. The first kappa shape index (κ1) is 15.7. The lowest BCUT2D eigenvalue weighted by Gasteiger charge is -2.49. The molecule has 2 aromatic rings. The van der Waals surface area contributed by atoms with Gasteiger partial charge in [0.1, 0.15) is 17.5 Å². The second kappa shape index (κ2) is 5.51. The Balaban J connectivity index is 1.53. The van der Waals surface area contributed by atoms with Gasteiger partial charge in [0.25, 0.3) is 0 Å². The zero-order valence-corrected chi connectivity index (χ0v) is 14.0. The van der Waals surface area contributed by atoms with E-state index in [1.807, 2.05) is 0 Å². The van der Waals surface area contributed by atoms with E-state index in [1.54, 1.807) is 15.7 Å². The highest BCUT2D eigenvalue weighted by atomic mass is 19.1. The minimum Gasteiger partial charge on any atom is -0.364 e. The number of nitrogens with one attached hydrogen (secondary N) is 2. The van der Waals surface area contributed by atoms with Crippen molar-refractivity contribution in [1.82, 2.24) is 15.2 Å². The largest absolute Gasteiger partial charge is 0.364 e. The number of carbonyl (C=O) groups is 2. The number of anilines is 1. The molecular weight excluding hydrogens is 342 g/mol. The molecule has 0 saturated carbocycles. The summed E-state index contributed by atoms with van der Waals surface area (Å²) in [6.45, 7) is 1.17. The van der Waals surface area contributed by atoms with Crippen molar-refractivity contribution in [1.29, 1.82) is 0 Å². The van der Waals surface area contributed by atoms with Crippen LogP contribution in [0.15, 0.2) is 18.5 Å². The average Bonchev–Trinajstić information content (AvgIpc) is 2.98. The predicted molar refractivity (Wildman–Crippen MR) is 90.8 cm³/mol. The first-order chi connectivity index (χ1) is 12.5. The van der Waals surface area contributed by atoms with E-state index in [0.29, 0.717) is 30.3 Å². The molecule has 6 rings (SSSR count). The van der Waals surface area contributed by atoms with Gasteiger partial charge in [-0.05, 0) is 18.9 Å². The van der Waals surface area contributed by atoms with E-state index >= 15 is 4.39 Å². The molecule has 3 atom stereocenters. The summed E-state index contributed by atoms with van der Waals surface area (Å²) in [5.74, 6) is -1.89. The monoisotopic (exact) mass is 360 g/mol. The van der Waals surface area contributed by atoms with E-state index in [2.05, 4.69) is 10.6 Å². The Bertz CT molecular complexity index is 925. The number of aromatic nitrogens is 1. The van der Waals surface area contributed by atoms with Crippen molar-refractivity contribution in [3.8, 4) is 0 Å². The van der Waals surface area contributed by atoms with Crippen molar-refractivity contribution in [2.75, 3.05) is 18.0 Å². The van der Waals surface area contributed by atoms with Crippen LogP contribution in [0.3, 0.4) is 0 Å². The number of carbonyl (C=O) groups excluding carboxylic acids is 2. The van der Waals surface area contributed by atoms with Gasteiger partial charge in [0, 0.05) is 54.8 Å². The molecule has 2 bridgehead atoms. The van der Waals surface area contributed by atoms with Crippen LogP contribution in [0.2, 0.25) is 0 Å². The van der Waals surface area contributed by atoms with Gasteiger partial charge in [-0.1, -0.05) is 0 Å². The number of fused-ring (bicyclic) bond motifs is 3. The lowest BCUT2D eigenvalue weighted by molar-refractivity contribution is -0.135. The van der Waals surface area contributed by atoms with E-state index in [0.717, 1.165) is 6.42 Å². The van der Waals surface area contributed by atoms with Crippen molar-refractivity contribution < 1.29 is 18.4 Å². The molecule has 26 heavy (non-hydrogen) atoms. The number of piperazine rings is 1. The fraction of sp³-hybridized carbons (Fsp3) is 0.444. The molecule has 2 N–H and O–H groups in total. The number of rotatable bonds is 2. The number of benzene rings is 1. The van der Waals surface area contributed by atoms with Crippen molar-refractivity contribution in [3.05, 3.63) is 30.1 Å². The fourth-order valence-electron chi connectivity index (χ4n) is 4.36. The maximum atomic E-state index is 15.1. The summed E-state index contributed by atoms with van der Waals surface area (Å²) in [6, 6.07) is 1.31. The Labute approximate surface area is 148 Å². The molecule has 0 spiro atoms. The smallest absolute Gasteiger partial charge is 0.249 e. The summed E-state index contributed by atoms with van der Waals surface area (Å²) in [4.78, 5) is 25.1. The Kier molecular flexibility index (Phi) is 3.34. The first-order valence-corrected chi connectivity index (χ1v) is 8.83. The third kappa shape index (κ3) is 2.32. The molecule has 0 aliphatic carbocycles. The Hall–Kier alpha value is -2.48. The molecule has 2 amide bonds. The van der Waals surface area contributed by atoms with Crippen LogP contribution in [-0.2, 0) is 9.59 Å². The number of amides is 2.